The predicted octanol–water partition coefficient (Wildman–Crippen LogP) is 2.75. The first-order valence-electron chi connectivity index (χ1n) is 6.35. The number of aromatic nitrogens is 1. The number of carbonyl (C=O) groups is 1. The molecule has 2 heterocycles. The maximum absolute atomic E-state index is 12.6. The lowest BCUT2D eigenvalue weighted by atomic mass is 10.1. The molecule has 1 aromatic rings. The number of carbonyl (C=O) groups excluding carboxylic acids is 1. The van der Waals surface area contributed by atoms with Crippen LogP contribution in [0.2, 0.25) is 5.15 Å². The van der Waals surface area contributed by atoms with E-state index in [-0.39, 0.29) is 11.1 Å². The molecule has 1 saturated heterocycles. The number of rotatable bonds is 4. The molecule has 19 heavy (non-hydrogen) atoms. The summed E-state index contributed by atoms with van der Waals surface area (Å²) in [6.45, 7) is 2.26. The van der Waals surface area contributed by atoms with Gasteiger partial charge in [-0.15, -0.1) is 0 Å². The zero-order chi connectivity index (χ0) is 13.4. The van der Waals surface area contributed by atoms with Gasteiger partial charge >= 0.3 is 0 Å². The maximum Gasteiger partial charge on any atom is 0.257 e. The first kappa shape index (κ1) is 13.3. The Morgan fingerprint density at radius 2 is 2.26 bits per heavy atom. The molecule has 2 fully saturated rings. The van der Waals surface area contributed by atoms with Gasteiger partial charge in [-0.3, -0.25) is 4.79 Å². The minimum absolute atomic E-state index is 0.0202. The van der Waals surface area contributed by atoms with Crippen molar-refractivity contribution in [2.75, 3.05) is 19.8 Å². The second-order valence-electron chi connectivity index (χ2n) is 5.08. The van der Waals surface area contributed by atoms with Crippen LogP contribution in [0.1, 0.15) is 23.2 Å². The molecule has 0 N–H and O–H groups in total. The smallest absolute Gasteiger partial charge is 0.257 e. The third kappa shape index (κ3) is 2.93. The van der Waals surface area contributed by atoms with Gasteiger partial charge in [-0.25, -0.2) is 4.98 Å². The summed E-state index contributed by atoms with van der Waals surface area (Å²) in [5.74, 6) is 0.441. The molecule has 1 amide bonds. The molecule has 0 radical (unpaired) electrons. The molecule has 0 aromatic carbocycles. The summed E-state index contributed by atoms with van der Waals surface area (Å²) >= 11 is 9.37. The highest BCUT2D eigenvalue weighted by molar-refractivity contribution is 9.10. The van der Waals surface area contributed by atoms with Gasteiger partial charge in [0, 0.05) is 29.2 Å². The summed E-state index contributed by atoms with van der Waals surface area (Å²) in [7, 11) is 0. The quantitative estimate of drug-likeness (QED) is 0.788. The second kappa shape index (κ2) is 5.38. The van der Waals surface area contributed by atoms with E-state index in [1.807, 2.05) is 4.90 Å². The highest BCUT2D eigenvalue weighted by Crippen LogP contribution is 2.31. The molecule has 0 bridgehead atoms. The van der Waals surface area contributed by atoms with Gasteiger partial charge in [0.25, 0.3) is 5.91 Å². The topological polar surface area (TPSA) is 42.4 Å². The summed E-state index contributed by atoms with van der Waals surface area (Å²) in [4.78, 5) is 18.6. The van der Waals surface area contributed by atoms with E-state index in [1.54, 1.807) is 12.3 Å². The summed E-state index contributed by atoms with van der Waals surface area (Å²) in [5.41, 5.74) is 0.475. The molecule has 1 aliphatic carbocycles. The normalized spacial score (nSPS) is 19.1. The fourth-order valence-corrected chi connectivity index (χ4v) is 2.69. The SMILES string of the molecule is O=C(c1cc(Br)cnc1Cl)N(CC1COC1)C1CC1. The summed E-state index contributed by atoms with van der Waals surface area (Å²) < 4.78 is 5.95. The van der Waals surface area contributed by atoms with Crippen molar-refractivity contribution in [3.8, 4) is 0 Å². The zero-order valence-corrected chi connectivity index (χ0v) is 12.7. The summed E-state index contributed by atoms with van der Waals surface area (Å²) in [6, 6.07) is 2.10. The fourth-order valence-electron chi connectivity index (χ4n) is 2.18. The monoisotopic (exact) mass is 344 g/mol. The summed E-state index contributed by atoms with van der Waals surface area (Å²) in [6.07, 6.45) is 3.76. The predicted molar refractivity (Wildman–Crippen MR) is 75.3 cm³/mol. The van der Waals surface area contributed by atoms with Crippen LogP contribution in [0.3, 0.4) is 0 Å². The van der Waals surface area contributed by atoms with Crippen molar-refractivity contribution in [1.82, 2.24) is 9.88 Å². The molecule has 2 aliphatic rings. The van der Waals surface area contributed by atoms with Gasteiger partial charge in [-0.1, -0.05) is 11.6 Å². The number of nitrogens with zero attached hydrogens (tertiary/aromatic N) is 2. The van der Waals surface area contributed by atoms with E-state index >= 15 is 0 Å². The van der Waals surface area contributed by atoms with Gasteiger partial charge in [0.05, 0.1) is 18.8 Å². The number of hydrogen-bond acceptors (Lipinski definition) is 3. The molecule has 102 valence electrons. The fraction of sp³-hybridized carbons (Fsp3) is 0.538. The first-order chi connectivity index (χ1) is 9.15. The van der Waals surface area contributed by atoms with Crippen LogP contribution in [0.4, 0.5) is 0 Å². The van der Waals surface area contributed by atoms with Gasteiger partial charge in [-0.05, 0) is 34.8 Å². The van der Waals surface area contributed by atoms with E-state index in [9.17, 15) is 4.79 Å². The Labute approximate surface area is 125 Å². The Hall–Kier alpha value is -0.650. The van der Waals surface area contributed by atoms with E-state index in [0.29, 0.717) is 17.5 Å². The van der Waals surface area contributed by atoms with Crippen molar-refractivity contribution >= 4 is 33.4 Å². The van der Waals surface area contributed by atoms with E-state index in [0.717, 1.165) is 37.1 Å². The lowest BCUT2D eigenvalue weighted by molar-refractivity contribution is -0.0441. The van der Waals surface area contributed by atoms with Crippen LogP contribution in [-0.2, 0) is 4.74 Å². The lowest BCUT2D eigenvalue weighted by Crippen LogP contribution is -2.43. The minimum Gasteiger partial charge on any atom is -0.381 e. The highest BCUT2D eigenvalue weighted by Gasteiger charge is 2.36. The van der Waals surface area contributed by atoms with Crippen LogP contribution < -0.4 is 0 Å². The number of ether oxygens (including phenoxy) is 1. The Morgan fingerprint density at radius 3 is 2.84 bits per heavy atom. The molecule has 3 rings (SSSR count). The average molecular weight is 346 g/mol. The molecule has 1 aliphatic heterocycles. The van der Waals surface area contributed by atoms with Crippen LogP contribution in [-0.4, -0.2) is 41.6 Å². The van der Waals surface area contributed by atoms with Crippen molar-refractivity contribution in [1.29, 1.82) is 0 Å². The van der Waals surface area contributed by atoms with Gasteiger partial charge in [0.1, 0.15) is 5.15 Å². The third-order valence-corrected chi connectivity index (χ3v) is 4.18. The largest absolute Gasteiger partial charge is 0.381 e. The molecular formula is C13H14BrClN2O2. The Balaban J connectivity index is 1.80. The molecule has 6 heteroatoms. The van der Waals surface area contributed by atoms with Gasteiger partial charge in [0.2, 0.25) is 0 Å². The van der Waals surface area contributed by atoms with Crippen molar-refractivity contribution < 1.29 is 9.53 Å². The standard InChI is InChI=1S/C13H14BrClN2O2/c14-9-3-11(12(15)16-4-9)13(18)17(10-1-2-10)5-8-6-19-7-8/h3-4,8,10H,1-2,5-7H2. The molecule has 4 nitrogen and oxygen atoms in total. The van der Waals surface area contributed by atoms with E-state index in [4.69, 9.17) is 16.3 Å². The van der Waals surface area contributed by atoms with Crippen LogP contribution >= 0.6 is 27.5 Å². The van der Waals surface area contributed by atoms with Crippen LogP contribution in [0.25, 0.3) is 0 Å². The summed E-state index contributed by atoms with van der Waals surface area (Å²) in [5, 5.41) is 0.267. The molecule has 1 aromatic heterocycles. The number of amides is 1. The van der Waals surface area contributed by atoms with Crippen LogP contribution in [0, 0.1) is 5.92 Å². The number of hydrogen-bond donors (Lipinski definition) is 0. The minimum atomic E-state index is -0.0202. The highest BCUT2D eigenvalue weighted by atomic mass is 79.9. The van der Waals surface area contributed by atoms with Gasteiger partial charge in [0.15, 0.2) is 0 Å². The van der Waals surface area contributed by atoms with E-state index in [2.05, 4.69) is 20.9 Å². The Morgan fingerprint density at radius 1 is 1.53 bits per heavy atom. The Kier molecular flexibility index (Phi) is 3.78. The second-order valence-corrected chi connectivity index (χ2v) is 6.36. The van der Waals surface area contributed by atoms with Crippen molar-refractivity contribution in [2.45, 2.75) is 18.9 Å². The maximum atomic E-state index is 12.6. The molecule has 1 saturated carbocycles. The lowest BCUT2D eigenvalue weighted by Gasteiger charge is -2.32. The number of pyridine rings is 1. The van der Waals surface area contributed by atoms with Crippen molar-refractivity contribution in [2.24, 2.45) is 5.92 Å². The molecule has 0 atom stereocenters. The molecular weight excluding hydrogens is 332 g/mol. The van der Waals surface area contributed by atoms with Gasteiger partial charge in [-0.2, -0.15) is 0 Å². The van der Waals surface area contributed by atoms with Crippen molar-refractivity contribution in [3.63, 3.8) is 0 Å². The Bertz CT molecular complexity index is 503. The van der Waals surface area contributed by atoms with Crippen LogP contribution in [0.5, 0.6) is 0 Å². The first-order valence-corrected chi connectivity index (χ1v) is 7.52. The zero-order valence-electron chi connectivity index (χ0n) is 10.3. The number of halogens is 2. The third-order valence-electron chi connectivity index (χ3n) is 3.45. The van der Waals surface area contributed by atoms with E-state index in [1.165, 1.54) is 0 Å². The average Bonchev–Trinajstić information content (AvgIpc) is 3.14. The van der Waals surface area contributed by atoms with E-state index < -0.39 is 0 Å². The molecule has 0 spiro atoms. The van der Waals surface area contributed by atoms with Crippen LogP contribution in [0.15, 0.2) is 16.7 Å². The van der Waals surface area contributed by atoms with Gasteiger partial charge < -0.3 is 9.64 Å². The molecule has 0 unspecified atom stereocenters. The van der Waals surface area contributed by atoms with Crippen molar-refractivity contribution in [3.05, 3.63) is 27.5 Å².